The number of halogens is 1. The van der Waals surface area contributed by atoms with Crippen LogP contribution in [0.3, 0.4) is 0 Å². The minimum Gasteiger partial charge on any atom is -0.370 e. The van der Waals surface area contributed by atoms with Crippen LogP contribution in [0.25, 0.3) is 0 Å². The molecule has 0 saturated carbocycles. The van der Waals surface area contributed by atoms with Crippen LogP contribution in [-0.4, -0.2) is 41.0 Å². The van der Waals surface area contributed by atoms with Gasteiger partial charge in [-0.15, -0.1) is 0 Å². The van der Waals surface area contributed by atoms with Gasteiger partial charge in [0.05, 0.1) is 0 Å². The molecule has 1 fully saturated rings. The Bertz CT molecular complexity index is 391. The number of unbranched alkanes of at least 4 members (excludes halogenated alkanes) is 1. The second-order valence-electron chi connectivity index (χ2n) is 5.05. The van der Waals surface area contributed by atoms with Crippen molar-refractivity contribution in [3.05, 3.63) is 17.0 Å². The van der Waals surface area contributed by atoms with Gasteiger partial charge in [-0.25, -0.2) is 9.97 Å². The van der Waals surface area contributed by atoms with Gasteiger partial charge >= 0.3 is 0 Å². The molecule has 0 atom stereocenters. The first-order chi connectivity index (χ1) is 9.28. The van der Waals surface area contributed by atoms with E-state index in [-0.39, 0.29) is 0 Å². The smallest absolute Gasteiger partial charge is 0.224 e. The van der Waals surface area contributed by atoms with E-state index in [1.807, 2.05) is 6.07 Å². The van der Waals surface area contributed by atoms with Crippen LogP contribution in [0.1, 0.15) is 38.3 Å². The number of nitrogens with zero attached hydrogens (tertiary/aromatic N) is 3. The molecule has 0 amide bonds. The Labute approximate surface area is 120 Å². The standard InChI is InChI=1S/C14H23ClN4/c1-2-12-11-13(18-14(15)17-12)16-7-3-4-8-19-9-5-6-10-19/h11H,2-10H2,1H3,(H,16,17,18). The third kappa shape index (κ3) is 4.96. The monoisotopic (exact) mass is 282 g/mol. The summed E-state index contributed by atoms with van der Waals surface area (Å²) in [5, 5.41) is 3.66. The molecule has 19 heavy (non-hydrogen) atoms. The second kappa shape index (κ2) is 7.65. The van der Waals surface area contributed by atoms with Crippen LogP contribution >= 0.6 is 11.6 Å². The fourth-order valence-corrected chi connectivity index (χ4v) is 2.62. The molecular weight excluding hydrogens is 260 g/mol. The molecule has 0 bridgehead atoms. The minimum absolute atomic E-state index is 0.332. The molecule has 0 aliphatic carbocycles. The zero-order valence-corrected chi connectivity index (χ0v) is 12.4. The van der Waals surface area contributed by atoms with Crippen molar-refractivity contribution in [3.63, 3.8) is 0 Å². The third-order valence-corrected chi connectivity index (χ3v) is 3.69. The summed E-state index contributed by atoms with van der Waals surface area (Å²) in [6.45, 7) is 6.82. The SMILES string of the molecule is CCc1cc(NCCCCN2CCCC2)nc(Cl)n1. The fourth-order valence-electron chi connectivity index (χ4n) is 2.42. The number of hydrogen-bond donors (Lipinski definition) is 1. The Kier molecular flexibility index (Phi) is 5.86. The average Bonchev–Trinajstić information content (AvgIpc) is 2.91. The molecule has 1 saturated heterocycles. The Morgan fingerprint density at radius 1 is 1.26 bits per heavy atom. The zero-order chi connectivity index (χ0) is 13.5. The van der Waals surface area contributed by atoms with Gasteiger partial charge in [0.2, 0.25) is 5.28 Å². The highest BCUT2D eigenvalue weighted by Crippen LogP contribution is 2.12. The van der Waals surface area contributed by atoms with Gasteiger partial charge in [0.1, 0.15) is 5.82 Å². The van der Waals surface area contributed by atoms with Crippen molar-refractivity contribution in [2.45, 2.75) is 39.0 Å². The maximum absolute atomic E-state index is 5.89. The second-order valence-corrected chi connectivity index (χ2v) is 5.39. The van der Waals surface area contributed by atoms with Crippen LogP contribution in [0.15, 0.2) is 6.07 Å². The van der Waals surface area contributed by atoms with E-state index in [1.54, 1.807) is 0 Å². The fraction of sp³-hybridized carbons (Fsp3) is 0.714. The van der Waals surface area contributed by atoms with Crippen molar-refractivity contribution in [2.75, 3.05) is 31.5 Å². The van der Waals surface area contributed by atoms with E-state index in [0.29, 0.717) is 5.28 Å². The molecule has 5 heteroatoms. The first-order valence-corrected chi connectivity index (χ1v) is 7.65. The summed E-state index contributed by atoms with van der Waals surface area (Å²) in [6, 6.07) is 1.98. The van der Waals surface area contributed by atoms with Gasteiger partial charge in [0.15, 0.2) is 0 Å². The maximum Gasteiger partial charge on any atom is 0.224 e. The molecule has 1 aliphatic rings. The van der Waals surface area contributed by atoms with Gasteiger partial charge < -0.3 is 10.2 Å². The van der Waals surface area contributed by atoms with Crippen molar-refractivity contribution in [1.29, 1.82) is 0 Å². The molecular formula is C14H23ClN4. The van der Waals surface area contributed by atoms with E-state index in [2.05, 4.69) is 27.1 Å². The van der Waals surface area contributed by atoms with Crippen LogP contribution in [0.4, 0.5) is 5.82 Å². The molecule has 0 unspecified atom stereocenters. The Morgan fingerprint density at radius 2 is 2.05 bits per heavy atom. The zero-order valence-electron chi connectivity index (χ0n) is 11.7. The van der Waals surface area contributed by atoms with E-state index >= 15 is 0 Å². The molecule has 0 spiro atoms. The number of anilines is 1. The van der Waals surface area contributed by atoms with Gasteiger partial charge in [-0.05, 0) is 63.3 Å². The number of likely N-dealkylation sites (tertiary alicyclic amines) is 1. The highest BCUT2D eigenvalue weighted by Gasteiger charge is 2.10. The lowest BCUT2D eigenvalue weighted by Gasteiger charge is -2.14. The van der Waals surface area contributed by atoms with E-state index < -0.39 is 0 Å². The van der Waals surface area contributed by atoms with Gasteiger partial charge in [-0.3, -0.25) is 0 Å². The van der Waals surface area contributed by atoms with Crippen LogP contribution < -0.4 is 5.32 Å². The first kappa shape index (κ1) is 14.5. The molecule has 2 heterocycles. The average molecular weight is 283 g/mol. The van der Waals surface area contributed by atoms with Crippen molar-refractivity contribution in [2.24, 2.45) is 0 Å². The molecule has 2 rings (SSSR count). The quantitative estimate of drug-likeness (QED) is 0.617. The number of rotatable bonds is 7. The van der Waals surface area contributed by atoms with E-state index in [0.717, 1.165) is 24.5 Å². The van der Waals surface area contributed by atoms with Crippen molar-refractivity contribution in [1.82, 2.24) is 14.9 Å². The number of nitrogens with one attached hydrogen (secondary N) is 1. The number of hydrogen-bond acceptors (Lipinski definition) is 4. The summed E-state index contributed by atoms with van der Waals surface area (Å²) in [7, 11) is 0. The summed E-state index contributed by atoms with van der Waals surface area (Å²) in [5.74, 6) is 0.845. The largest absolute Gasteiger partial charge is 0.370 e. The molecule has 1 aliphatic heterocycles. The van der Waals surface area contributed by atoms with Crippen molar-refractivity contribution < 1.29 is 0 Å². The molecule has 4 nitrogen and oxygen atoms in total. The predicted molar refractivity (Wildman–Crippen MR) is 79.8 cm³/mol. The summed E-state index contributed by atoms with van der Waals surface area (Å²) >= 11 is 5.89. The summed E-state index contributed by atoms with van der Waals surface area (Å²) in [5.41, 5.74) is 0.986. The Morgan fingerprint density at radius 3 is 2.79 bits per heavy atom. The maximum atomic E-state index is 5.89. The van der Waals surface area contributed by atoms with Crippen LogP contribution in [0, 0.1) is 0 Å². The lowest BCUT2D eigenvalue weighted by molar-refractivity contribution is 0.331. The molecule has 1 aromatic heterocycles. The Hall–Kier alpha value is -0.870. The highest BCUT2D eigenvalue weighted by molar-refractivity contribution is 6.28. The first-order valence-electron chi connectivity index (χ1n) is 7.27. The van der Waals surface area contributed by atoms with E-state index in [4.69, 9.17) is 11.6 Å². The van der Waals surface area contributed by atoms with Gasteiger partial charge in [0.25, 0.3) is 0 Å². The van der Waals surface area contributed by atoms with Gasteiger partial charge in [-0.2, -0.15) is 0 Å². The van der Waals surface area contributed by atoms with Gasteiger partial charge in [-0.1, -0.05) is 6.92 Å². The van der Waals surface area contributed by atoms with Gasteiger partial charge in [0, 0.05) is 18.3 Å². The molecule has 0 aromatic carbocycles. The highest BCUT2D eigenvalue weighted by atomic mass is 35.5. The number of aryl methyl sites for hydroxylation is 1. The van der Waals surface area contributed by atoms with Crippen molar-refractivity contribution >= 4 is 17.4 Å². The molecule has 1 N–H and O–H groups in total. The number of aromatic nitrogens is 2. The van der Waals surface area contributed by atoms with E-state index in [1.165, 1.54) is 45.3 Å². The van der Waals surface area contributed by atoms with Crippen LogP contribution in [0.5, 0.6) is 0 Å². The van der Waals surface area contributed by atoms with E-state index in [9.17, 15) is 0 Å². The summed E-state index contributed by atoms with van der Waals surface area (Å²) in [4.78, 5) is 10.9. The summed E-state index contributed by atoms with van der Waals surface area (Å²) in [6.07, 6.45) is 6.03. The molecule has 0 radical (unpaired) electrons. The predicted octanol–water partition coefficient (Wildman–Crippen LogP) is 2.98. The lowest BCUT2D eigenvalue weighted by atomic mass is 10.3. The van der Waals surface area contributed by atoms with Crippen LogP contribution in [-0.2, 0) is 6.42 Å². The molecule has 1 aromatic rings. The van der Waals surface area contributed by atoms with Crippen molar-refractivity contribution in [3.8, 4) is 0 Å². The lowest BCUT2D eigenvalue weighted by Crippen LogP contribution is -2.20. The third-order valence-electron chi connectivity index (χ3n) is 3.52. The summed E-state index contributed by atoms with van der Waals surface area (Å²) < 4.78 is 0. The molecule has 106 valence electrons. The van der Waals surface area contributed by atoms with Crippen LogP contribution in [0.2, 0.25) is 5.28 Å². The normalized spacial score (nSPS) is 15.9. The minimum atomic E-state index is 0.332. The topological polar surface area (TPSA) is 41.0 Å². The Balaban J connectivity index is 1.66.